The van der Waals surface area contributed by atoms with Gasteiger partial charge in [-0.3, -0.25) is 0 Å². The molecule has 0 spiro atoms. The van der Waals surface area contributed by atoms with Gasteiger partial charge in [-0.1, -0.05) is 29.3 Å². The minimum Gasteiger partial charge on any atom is -0.221 e. The van der Waals surface area contributed by atoms with Crippen molar-refractivity contribution in [1.82, 2.24) is 30.0 Å². The molecule has 0 radical (unpaired) electrons. The smallest absolute Gasteiger partial charge is 0.209 e. The molecule has 0 bridgehead atoms. The zero-order valence-corrected chi connectivity index (χ0v) is 11.9. The predicted molar refractivity (Wildman–Crippen MR) is 75.8 cm³/mol. The van der Waals surface area contributed by atoms with Crippen LogP contribution in [-0.4, -0.2) is 30.0 Å². The van der Waals surface area contributed by atoms with Gasteiger partial charge >= 0.3 is 0 Å². The molecular formula is C13H13ClN6. The molecule has 6 nitrogen and oxygen atoms in total. The van der Waals surface area contributed by atoms with Gasteiger partial charge in [0.15, 0.2) is 0 Å². The molecule has 0 atom stereocenters. The molecule has 0 aliphatic rings. The third-order valence-corrected chi connectivity index (χ3v) is 3.33. The van der Waals surface area contributed by atoms with Crippen molar-refractivity contribution in [2.75, 3.05) is 0 Å². The molecule has 7 heteroatoms. The van der Waals surface area contributed by atoms with Crippen molar-refractivity contribution < 1.29 is 0 Å². The molecule has 3 rings (SSSR count). The zero-order valence-electron chi connectivity index (χ0n) is 11.2. The highest BCUT2D eigenvalue weighted by molar-refractivity contribution is 6.32. The summed E-state index contributed by atoms with van der Waals surface area (Å²) in [4.78, 5) is 1.51. The molecule has 0 saturated heterocycles. The fourth-order valence-electron chi connectivity index (χ4n) is 1.83. The summed E-state index contributed by atoms with van der Waals surface area (Å²) in [7, 11) is 0. The quantitative estimate of drug-likeness (QED) is 0.743. The molecule has 1 aromatic carbocycles. The predicted octanol–water partition coefficient (Wildman–Crippen LogP) is 2.51. The molecular weight excluding hydrogens is 276 g/mol. The summed E-state index contributed by atoms with van der Waals surface area (Å²) < 4.78 is 1.66. The SMILES string of the molecule is CCn1nnc(-c2cnn(-c3ccc(C)cc3)c2Cl)n1. The number of halogens is 1. The number of benzene rings is 1. The molecule has 2 heterocycles. The van der Waals surface area contributed by atoms with Gasteiger partial charge < -0.3 is 0 Å². The Labute approximate surface area is 121 Å². The molecule has 0 fully saturated rings. The van der Waals surface area contributed by atoms with Crippen LogP contribution in [0.5, 0.6) is 0 Å². The molecule has 0 saturated carbocycles. The van der Waals surface area contributed by atoms with Crippen LogP contribution in [0, 0.1) is 6.92 Å². The van der Waals surface area contributed by atoms with Crippen LogP contribution in [-0.2, 0) is 6.54 Å². The first-order valence-electron chi connectivity index (χ1n) is 6.27. The van der Waals surface area contributed by atoms with Crippen molar-refractivity contribution in [3.05, 3.63) is 41.2 Å². The molecule has 2 aromatic heterocycles. The zero-order chi connectivity index (χ0) is 14.1. The minimum atomic E-state index is 0.476. The number of aromatic nitrogens is 6. The van der Waals surface area contributed by atoms with Crippen molar-refractivity contribution in [1.29, 1.82) is 0 Å². The van der Waals surface area contributed by atoms with E-state index >= 15 is 0 Å². The van der Waals surface area contributed by atoms with Gasteiger partial charge in [0, 0.05) is 0 Å². The second-order valence-corrected chi connectivity index (χ2v) is 4.76. The van der Waals surface area contributed by atoms with E-state index in [1.807, 2.05) is 38.1 Å². The van der Waals surface area contributed by atoms with Crippen LogP contribution in [0.2, 0.25) is 5.15 Å². The lowest BCUT2D eigenvalue weighted by Crippen LogP contribution is -1.98. The Balaban J connectivity index is 2.02. The van der Waals surface area contributed by atoms with E-state index in [0.717, 1.165) is 5.69 Å². The van der Waals surface area contributed by atoms with E-state index in [-0.39, 0.29) is 0 Å². The van der Waals surface area contributed by atoms with Crippen LogP contribution in [0.3, 0.4) is 0 Å². The summed E-state index contributed by atoms with van der Waals surface area (Å²) in [5, 5.41) is 16.9. The van der Waals surface area contributed by atoms with Crippen molar-refractivity contribution >= 4 is 11.6 Å². The lowest BCUT2D eigenvalue weighted by molar-refractivity contribution is 0.553. The van der Waals surface area contributed by atoms with E-state index in [0.29, 0.717) is 23.1 Å². The third-order valence-electron chi connectivity index (χ3n) is 2.97. The molecule has 102 valence electrons. The highest BCUT2D eigenvalue weighted by atomic mass is 35.5. The van der Waals surface area contributed by atoms with Crippen molar-refractivity contribution in [3.8, 4) is 17.1 Å². The van der Waals surface area contributed by atoms with Gasteiger partial charge in [-0.15, -0.1) is 10.2 Å². The molecule has 3 aromatic rings. The summed E-state index contributed by atoms with van der Waals surface area (Å²) in [5.41, 5.74) is 2.76. The topological polar surface area (TPSA) is 61.4 Å². The lowest BCUT2D eigenvalue weighted by atomic mass is 10.2. The summed E-state index contributed by atoms with van der Waals surface area (Å²) in [6.45, 7) is 4.65. The molecule has 0 aliphatic carbocycles. The van der Waals surface area contributed by atoms with Gasteiger partial charge in [-0.05, 0) is 31.2 Å². The standard InChI is InChI=1S/C13H13ClN6/c1-3-19-17-13(16-18-19)11-8-15-20(12(11)14)10-6-4-9(2)5-7-10/h4-8H,3H2,1-2H3. The van der Waals surface area contributed by atoms with Gasteiger partial charge in [0.2, 0.25) is 5.82 Å². The van der Waals surface area contributed by atoms with Crippen molar-refractivity contribution in [2.45, 2.75) is 20.4 Å². The maximum atomic E-state index is 6.37. The van der Waals surface area contributed by atoms with Gasteiger partial charge in [0.1, 0.15) is 5.15 Å². The van der Waals surface area contributed by atoms with Crippen molar-refractivity contribution in [2.24, 2.45) is 0 Å². The third kappa shape index (κ3) is 2.18. The maximum absolute atomic E-state index is 6.37. The van der Waals surface area contributed by atoms with Gasteiger partial charge in [0.05, 0.1) is 24.0 Å². The van der Waals surface area contributed by atoms with Crippen LogP contribution in [0.1, 0.15) is 12.5 Å². The number of nitrogens with zero attached hydrogens (tertiary/aromatic N) is 6. The highest BCUT2D eigenvalue weighted by Gasteiger charge is 2.16. The average molecular weight is 289 g/mol. The van der Waals surface area contributed by atoms with E-state index in [9.17, 15) is 0 Å². The number of hydrogen-bond acceptors (Lipinski definition) is 4. The Hall–Kier alpha value is -2.21. The minimum absolute atomic E-state index is 0.476. The lowest BCUT2D eigenvalue weighted by Gasteiger charge is -2.03. The van der Waals surface area contributed by atoms with E-state index < -0.39 is 0 Å². The van der Waals surface area contributed by atoms with E-state index in [1.165, 1.54) is 10.4 Å². The Morgan fingerprint density at radius 3 is 2.60 bits per heavy atom. The van der Waals surface area contributed by atoms with Crippen LogP contribution in [0.15, 0.2) is 30.5 Å². The first kappa shape index (κ1) is 12.8. The summed E-state index contributed by atoms with van der Waals surface area (Å²) >= 11 is 6.37. The highest BCUT2D eigenvalue weighted by Crippen LogP contribution is 2.26. The number of hydrogen-bond donors (Lipinski definition) is 0. The van der Waals surface area contributed by atoms with E-state index in [1.54, 1.807) is 10.9 Å². The molecule has 20 heavy (non-hydrogen) atoms. The second kappa shape index (κ2) is 5.05. The van der Waals surface area contributed by atoms with Crippen LogP contribution in [0.25, 0.3) is 17.1 Å². The molecule has 0 aliphatic heterocycles. The van der Waals surface area contributed by atoms with Gasteiger partial charge in [0.25, 0.3) is 0 Å². The van der Waals surface area contributed by atoms with Crippen LogP contribution in [0.4, 0.5) is 0 Å². The summed E-state index contributed by atoms with van der Waals surface area (Å²) in [6.07, 6.45) is 1.65. The Morgan fingerprint density at radius 1 is 1.20 bits per heavy atom. The first-order valence-corrected chi connectivity index (χ1v) is 6.65. The maximum Gasteiger partial charge on any atom is 0.209 e. The number of aryl methyl sites for hydroxylation is 2. The summed E-state index contributed by atoms with van der Waals surface area (Å²) in [6, 6.07) is 7.96. The number of tetrazole rings is 1. The van der Waals surface area contributed by atoms with Gasteiger partial charge in [-0.2, -0.15) is 9.90 Å². The van der Waals surface area contributed by atoms with E-state index in [2.05, 4.69) is 20.5 Å². The average Bonchev–Trinajstić information content (AvgIpc) is 3.06. The fourth-order valence-corrected chi connectivity index (χ4v) is 2.11. The summed E-state index contributed by atoms with van der Waals surface area (Å²) in [5.74, 6) is 0.482. The number of rotatable bonds is 3. The normalized spacial score (nSPS) is 10.9. The van der Waals surface area contributed by atoms with Crippen LogP contribution < -0.4 is 0 Å². The largest absolute Gasteiger partial charge is 0.221 e. The monoisotopic (exact) mass is 288 g/mol. The van der Waals surface area contributed by atoms with Crippen molar-refractivity contribution in [3.63, 3.8) is 0 Å². The van der Waals surface area contributed by atoms with E-state index in [4.69, 9.17) is 11.6 Å². The molecule has 0 amide bonds. The second-order valence-electron chi connectivity index (χ2n) is 4.40. The van der Waals surface area contributed by atoms with Crippen LogP contribution >= 0.6 is 11.6 Å². The first-order chi connectivity index (χ1) is 9.69. The Morgan fingerprint density at radius 2 is 1.95 bits per heavy atom. The Bertz CT molecular complexity index is 728. The molecule has 0 N–H and O–H groups in total. The Kier molecular flexibility index (Phi) is 3.23. The molecule has 0 unspecified atom stereocenters. The fraction of sp³-hybridized carbons (Fsp3) is 0.231. The van der Waals surface area contributed by atoms with Gasteiger partial charge in [-0.25, -0.2) is 4.68 Å².